The first-order valence-electron chi connectivity index (χ1n) is 32.3. The van der Waals surface area contributed by atoms with Gasteiger partial charge in [0.1, 0.15) is 13.2 Å². The Bertz CT molecular complexity index is 1160. The molecule has 6 heteroatoms. The molecule has 0 heterocycles. The van der Waals surface area contributed by atoms with Crippen molar-refractivity contribution in [1.29, 1.82) is 0 Å². The summed E-state index contributed by atoms with van der Waals surface area (Å²) in [6.45, 7) is 6.68. The van der Waals surface area contributed by atoms with Crippen LogP contribution in [0.3, 0.4) is 0 Å². The van der Waals surface area contributed by atoms with Crippen molar-refractivity contribution in [3.8, 4) is 0 Å². The molecule has 0 aromatic rings. The van der Waals surface area contributed by atoms with Gasteiger partial charge in [-0.3, -0.25) is 14.4 Å². The highest BCUT2D eigenvalue weighted by Gasteiger charge is 2.19. The summed E-state index contributed by atoms with van der Waals surface area (Å²) in [5.74, 6) is -0.848. The Morgan fingerprint density at radius 3 is 0.792 bits per heavy atom. The van der Waals surface area contributed by atoms with Gasteiger partial charge < -0.3 is 14.2 Å². The van der Waals surface area contributed by atoms with Crippen LogP contribution in [0.5, 0.6) is 0 Å². The average Bonchev–Trinajstić information content (AvgIpc) is 3.38. The van der Waals surface area contributed by atoms with Crippen LogP contribution >= 0.6 is 0 Å². The number of hydrogen-bond donors (Lipinski definition) is 0. The van der Waals surface area contributed by atoms with E-state index in [0.29, 0.717) is 19.3 Å². The normalized spacial score (nSPS) is 12.1. The summed E-state index contributed by atoms with van der Waals surface area (Å²) in [7, 11) is 0. The van der Waals surface area contributed by atoms with Crippen molar-refractivity contribution in [1.82, 2.24) is 0 Å². The number of rotatable bonds is 60. The fourth-order valence-corrected chi connectivity index (χ4v) is 9.83. The molecule has 0 aromatic heterocycles. The summed E-state index contributed by atoms with van der Waals surface area (Å²) in [5, 5.41) is 0. The predicted octanol–water partition coefficient (Wildman–Crippen LogP) is 21.8. The molecule has 0 aliphatic carbocycles. The Balaban J connectivity index is 4.28. The number of carbonyl (C=O) groups is 3. The van der Waals surface area contributed by atoms with E-state index in [1.807, 2.05) is 0 Å². The molecule has 424 valence electrons. The van der Waals surface area contributed by atoms with E-state index in [-0.39, 0.29) is 31.1 Å². The maximum atomic E-state index is 12.9. The molecule has 0 N–H and O–H groups in total. The minimum atomic E-state index is -0.771. The summed E-state index contributed by atoms with van der Waals surface area (Å²) in [6, 6.07) is 0. The zero-order valence-corrected chi connectivity index (χ0v) is 48.7. The fourth-order valence-electron chi connectivity index (χ4n) is 9.83. The third-order valence-corrected chi connectivity index (χ3v) is 14.7. The summed E-state index contributed by atoms with van der Waals surface area (Å²) in [4.78, 5) is 38.3. The molecule has 72 heavy (non-hydrogen) atoms. The largest absolute Gasteiger partial charge is 0.462 e. The third kappa shape index (κ3) is 58.8. The van der Waals surface area contributed by atoms with Crippen molar-refractivity contribution in [2.75, 3.05) is 13.2 Å². The standard InChI is InChI=1S/C66H124O6/c1-4-7-10-13-16-19-22-25-28-30-31-32-33-34-36-38-41-44-47-50-53-56-59-65(68)71-62-63(61-70-64(67)58-55-52-49-46-43-40-37-27-24-21-18-15-12-9-6-3)72-66(69)60-57-54-51-48-45-42-39-35-29-26-23-20-17-14-11-8-5-2/h17,20,26,29,63H,4-16,18-19,21-25,27-28,30-62H2,1-3H3/b20-17-,29-26-. The maximum Gasteiger partial charge on any atom is 0.306 e. The molecule has 1 unspecified atom stereocenters. The van der Waals surface area contributed by atoms with Crippen molar-refractivity contribution in [3.63, 3.8) is 0 Å². The molecule has 1 atom stereocenters. The van der Waals surface area contributed by atoms with E-state index in [1.54, 1.807) is 0 Å². The molecule has 0 amide bonds. The van der Waals surface area contributed by atoms with Gasteiger partial charge in [-0.15, -0.1) is 0 Å². The van der Waals surface area contributed by atoms with E-state index in [2.05, 4.69) is 45.1 Å². The van der Waals surface area contributed by atoms with Crippen LogP contribution in [-0.2, 0) is 28.6 Å². The number of ether oxygens (including phenoxy) is 3. The molecular weight excluding hydrogens is 889 g/mol. The summed E-state index contributed by atoms with van der Waals surface area (Å²) < 4.78 is 16.9. The van der Waals surface area contributed by atoms with E-state index < -0.39 is 6.10 Å². The first-order valence-corrected chi connectivity index (χ1v) is 32.3. The molecule has 0 aromatic carbocycles. The summed E-state index contributed by atoms with van der Waals surface area (Å²) >= 11 is 0. The predicted molar refractivity (Wildman–Crippen MR) is 312 cm³/mol. The molecule has 0 saturated heterocycles. The molecule has 0 spiro atoms. The Hall–Kier alpha value is -2.11. The number of esters is 3. The molecule has 0 bridgehead atoms. The molecule has 0 saturated carbocycles. The van der Waals surface area contributed by atoms with Crippen molar-refractivity contribution < 1.29 is 28.6 Å². The second kappa shape index (κ2) is 61.4. The molecule has 6 nitrogen and oxygen atoms in total. The van der Waals surface area contributed by atoms with Crippen LogP contribution in [0.15, 0.2) is 24.3 Å². The van der Waals surface area contributed by atoms with Crippen LogP contribution in [0.2, 0.25) is 0 Å². The van der Waals surface area contributed by atoms with E-state index >= 15 is 0 Å². The van der Waals surface area contributed by atoms with Gasteiger partial charge in [-0.25, -0.2) is 0 Å². The van der Waals surface area contributed by atoms with Gasteiger partial charge in [0, 0.05) is 19.3 Å². The zero-order chi connectivity index (χ0) is 52.2. The number of unbranched alkanes of at least 4 members (excludes halogenated alkanes) is 45. The number of allylic oxidation sites excluding steroid dienone is 4. The molecular formula is C66H124O6. The average molecular weight is 1010 g/mol. The summed E-state index contributed by atoms with van der Waals surface area (Å²) in [6.07, 6.45) is 73.2. The third-order valence-electron chi connectivity index (χ3n) is 14.7. The Morgan fingerprint density at radius 1 is 0.278 bits per heavy atom. The van der Waals surface area contributed by atoms with Crippen molar-refractivity contribution >= 4 is 17.9 Å². The van der Waals surface area contributed by atoms with Crippen molar-refractivity contribution in [2.24, 2.45) is 0 Å². The minimum absolute atomic E-state index is 0.0684. The van der Waals surface area contributed by atoms with E-state index in [4.69, 9.17) is 14.2 Å². The SMILES string of the molecule is CCCCC/C=C\C/C=C\CCCCCCCCCC(=O)OC(COC(=O)CCCCCCCCCCCCCCCCC)COC(=O)CCCCCCCCCCCCCCCCCCCCCCCC. The van der Waals surface area contributed by atoms with Gasteiger partial charge in [-0.2, -0.15) is 0 Å². The highest BCUT2D eigenvalue weighted by Crippen LogP contribution is 2.18. The number of carbonyl (C=O) groups excluding carboxylic acids is 3. The van der Waals surface area contributed by atoms with Gasteiger partial charge in [0.05, 0.1) is 0 Å². The highest BCUT2D eigenvalue weighted by atomic mass is 16.6. The first kappa shape index (κ1) is 69.9. The second-order valence-electron chi connectivity index (χ2n) is 22.0. The zero-order valence-electron chi connectivity index (χ0n) is 48.7. The van der Waals surface area contributed by atoms with Gasteiger partial charge in [0.2, 0.25) is 0 Å². The molecule has 0 radical (unpaired) electrons. The Morgan fingerprint density at radius 2 is 0.500 bits per heavy atom. The molecule has 0 aliphatic heterocycles. The van der Waals surface area contributed by atoms with Crippen LogP contribution in [0, 0.1) is 0 Å². The molecule has 0 aliphatic rings. The molecule has 0 rings (SSSR count). The smallest absolute Gasteiger partial charge is 0.306 e. The lowest BCUT2D eigenvalue weighted by molar-refractivity contribution is -0.167. The van der Waals surface area contributed by atoms with Crippen LogP contribution in [0.25, 0.3) is 0 Å². The van der Waals surface area contributed by atoms with Gasteiger partial charge >= 0.3 is 17.9 Å². The quantitative estimate of drug-likeness (QED) is 0.0261. The van der Waals surface area contributed by atoms with Gasteiger partial charge in [-0.1, -0.05) is 315 Å². The monoisotopic (exact) mass is 1010 g/mol. The Kier molecular flexibility index (Phi) is 59.6. The van der Waals surface area contributed by atoms with E-state index in [9.17, 15) is 14.4 Å². The van der Waals surface area contributed by atoms with Crippen molar-refractivity contribution in [2.45, 2.75) is 367 Å². The lowest BCUT2D eigenvalue weighted by atomic mass is 10.0. The maximum absolute atomic E-state index is 12.9. The van der Waals surface area contributed by atoms with E-state index in [0.717, 1.165) is 70.6 Å². The Labute approximate surface area is 449 Å². The van der Waals surface area contributed by atoms with Gasteiger partial charge in [0.25, 0.3) is 0 Å². The second-order valence-corrected chi connectivity index (χ2v) is 22.0. The van der Waals surface area contributed by atoms with Crippen molar-refractivity contribution in [3.05, 3.63) is 24.3 Å². The van der Waals surface area contributed by atoms with Crippen LogP contribution in [0.1, 0.15) is 361 Å². The van der Waals surface area contributed by atoms with E-state index in [1.165, 1.54) is 250 Å². The first-order chi connectivity index (χ1) is 35.5. The van der Waals surface area contributed by atoms with Gasteiger partial charge in [0.15, 0.2) is 6.10 Å². The lowest BCUT2D eigenvalue weighted by Crippen LogP contribution is -2.30. The highest BCUT2D eigenvalue weighted by molar-refractivity contribution is 5.71. The summed E-state index contributed by atoms with van der Waals surface area (Å²) in [5.41, 5.74) is 0. The fraction of sp³-hybridized carbons (Fsp3) is 0.894. The topological polar surface area (TPSA) is 78.9 Å². The van der Waals surface area contributed by atoms with Crippen LogP contribution < -0.4 is 0 Å². The van der Waals surface area contributed by atoms with Gasteiger partial charge in [-0.05, 0) is 51.4 Å². The minimum Gasteiger partial charge on any atom is -0.462 e. The van der Waals surface area contributed by atoms with Crippen LogP contribution in [-0.4, -0.2) is 37.2 Å². The number of hydrogen-bond acceptors (Lipinski definition) is 6. The lowest BCUT2D eigenvalue weighted by Gasteiger charge is -2.18. The van der Waals surface area contributed by atoms with Crippen LogP contribution in [0.4, 0.5) is 0 Å². The molecule has 0 fully saturated rings.